The molecule has 1 amide bonds. The van der Waals surface area contributed by atoms with Gasteiger partial charge >= 0.3 is 0 Å². The van der Waals surface area contributed by atoms with Crippen LogP contribution in [0.5, 0.6) is 0 Å². The predicted octanol–water partition coefficient (Wildman–Crippen LogP) is 0.626. The van der Waals surface area contributed by atoms with Gasteiger partial charge in [-0.3, -0.25) is 4.79 Å². The van der Waals surface area contributed by atoms with Crippen LogP contribution in [0.25, 0.3) is 0 Å². The van der Waals surface area contributed by atoms with Gasteiger partial charge in [-0.25, -0.2) is 4.98 Å². The van der Waals surface area contributed by atoms with E-state index in [2.05, 4.69) is 15.2 Å². The summed E-state index contributed by atoms with van der Waals surface area (Å²) in [7, 11) is 1.68. The van der Waals surface area contributed by atoms with Gasteiger partial charge in [-0.15, -0.1) is 0 Å². The van der Waals surface area contributed by atoms with Crippen LogP contribution in [-0.4, -0.2) is 31.0 Å². The third-order valence-electron chi connectivity index (χ3n) is 3.38. The van der Waals surface area contributed by atoms with E-state index in [1.165, 1.54) is 0 Å². The fourth-order valence-corrected chi connectivity index (χ4v) is 2.30. The van der Waals surface area contributed by atoms with E-state index in [0.29, 0.717) is 5.82 Å². The molecule has 1 fully saturated rings. The van der Waals surface area contributed by atoms with Gasteiger partial charge in [0.05, 0.1) is 5.41 Å². The van der Waals surface area contributed by atoms with Crippen molar-refractivity contribution in [2.24, 2.45) is 5.41 Å². The Bertz CT molecular complexity index is 434. The molecule has 0 aromatic carbocycles. The first kappa shape index (κ1) is 11.7. The zero-order chi connectivity index (χ0) is 12.5. The Morgan fingerprint density at radius 3 is 3.06 bits per heavy atom. The molecule has 1 saturated heterocycles. The fourth-order valence-electron chi connectivity index (χ4n) is 2.30. The van der Waals surface area contributed by atoms with E-state index >= 15 is 0 Å². The Balaban J connectivity index is 2.15. The van der Waals surface area contributed by atoms with Crippen LogP contribution in [0.15, 0.2) is 18.3 Å². The second kappa shape index (κ2) is 4.24. The number of nitrogen functional groups attached to an aromatic ring is 1. The minimum Gasteiger partial charge on any atom is -0.384 e. The minimum atomic E-state index is -0.313. The summed E-state index contributed by atoms with van der Waals surface area (Å²) in [5, 5.41) is 2.73. The van der Waals surface area contributed by atoms with E-state index in [1.54, 1.807) is 13.2 Å². The molecule has 1 aliphatic rings. The molecule has 5 heteroatoms. The van der Waals surface area contributed by atoms with E-state index < -0.39 is 0 Å². The fraction of sp³-hybridized carbons (Fsp3) is 0.500. The van der Waals surface area contributed by atoms with Crippen LogP contribution in [-0.2, 0) is 4.79 Å². The van der Waals surface area contributed by atoms with Crippen LogP contribution >= 0.6 is 0 Å². The molecule has 5 nitrogen and oxygen atoms in total. The van der Waals surface area contributed by atoms with Gasteiger partial charge in [0.15, 0.2) is 0 Å². The average Bonchev–Trinajstić information content (AvgIpc) is 2.72. The van der Waals surface area contributed by atoms with Crippen molar-refractivity contribution in [3.05, 3.63) is 18.3 Å². The first-order valence-electron chi connectivity index (χ1n) is 5.74. The lowest BCUT2D eigenvalue weighted by Gasteiger charge is -2.23. The van der Waals surface area contributed by atoms with Gasteiger partial charge in [-0.05, 0) is 19.4 Å². The number of nitrogens with one attached hydrogen (secondary N) is 1. The Morgan fingerprint density at radius 2 is 2.41 bits per heavy atom. The molecule has 0 saturated carbocycles. The molecule has 92 valence electrons. The van der Waals surface area contributed by atoms with Crippen LogP contribution in [0.4, 0.5) is 11.5 Å². The zero-order valence-electron chi connectivity index (χ0n) is 10.2. The summed E-state index contributed by atoms with van der Waals surface area (Å²) in [4.78, 5) is 17.9. The molecule has 3 N–H and O–H groups in total. The summed E-state index contributed by atoms with van der Waals surface area (Å²) in [6.45, 7) is 3.58. The summed E-state index contributed by atoms with van der Waals surface area (Å²) >= 11 is 0. The second-order valence-electron chi connectivity index (χ2n) is 4.75. The molecule has 1 aromatic heterocycles. The largest absolute Gasteiger partial charge is 0.384 e. The van der Waals surface area contributed by atoms with Gasteiger partial charge in [-0.1, -0.05) is 0 Å². The SMILES string of the molecule is CNC(=O)C1(C)CCN(c2ccnc(N)c2)C1. The number of rotatable bonds is 2. The summed E-state index contributed by atoms with van der Waals surface area (Å²) in [6, 6.07) is 3.77. The first-order chi connectivity index (χ1) is 8.05. The van der Waals surface area contributed by atoms with E-state index in [-0.39, 0.29) is 11.3 Å². The smallest absolute Gasteiger partial charge is 0.227 e. The van der Waals surface area contributed by atoms with E-state index in [0.717, 1.165) is 25.2 Å². The van der Waals surface area contributed by atoms with Gasteiger partial charge < -0.3 is 16.0 Å². The Labute approximate surface area is 101 Å². The van der Waals surface area contributed by atoms with Crippen molar-refractivity contribution >= 4 is 17.4 Å². The topological polar surface area (TPSA) is 71.2 Å². The van der Waals surface area contributed by atoms with Crippen molar-refractivity contribution in [2.45, 2.75) is 13.3 Å². The summed E-state index contributed by atoms with van der Waals surface area (Å²) < 4.78 is 0. The Hall–Kier alpha value is -1.78. The zero-order valence-corrected chi connectivity index (χ0v) is 10.2. The number of hydrogen-bond donors (Lipinski definition) is 2. The molecule has 1 atom stereocenters. The molecule has 0 bridgehead atoms. The number of carbonyl (C=O) groups excluding carboxylic acids is 1. The lowest BCUT2D eigenvalue weighted by atomic mass is 9.89. The number of aromatic nitrogens is 1. The molecule has 1 aliphatic heterocycles. The van der Waals surface area contributed by atoms with Crippen LogP contribution in [0, 0.1) is 5.41 Å². The van der Waals surface area contributed by atoms with Crippen LogP contribution < -0.4 is 16.0 Å². The normalized spacial score (nSPS) is 23.8. The number of nitrogens with two attached hydrogens (primary N) is 1. The summed E-state index contributed by atoms with van der Waals surface area (Å²) in [5.74, 6) is 0.609. The van der Waals surface area contributed by atoms with Crippen LogP contribution in [0.3, 0.4) is 0 Å². The number of pyridine rings is 1. The average molecular weight is 234 g/mol. The molecular weight excluding hydrogens is 216 g/mol. The molecule has 0 aliphatic carbocycles. The van der Waals surface area contributed by atoms with E-state index in [9.17, 15) is 4.79 Å². The molecule has 2 rings (SSSR count). The van der Waals surface area contributed by atoms with Gasteiger partial charge in [0, 0.05) is 38.1 Å². The molecule has 2 heterocycles. The highest BCUT2D eigenvalue weighted by Gasteiger charge is 2.39. The maximum absolute atomic E-state index is 11.8. The highest BCUT2D eigenvalue weighted by Crippen LogP contribution is 2.33. The highest BCUT2D eigenvalue weighted by molar-refractivity contribution is 5.83. The maximum Gasteiger partial charge on any atom is 0.227 e. The highest BCUT2D eigenvalue weighted by atomic mass is 16.2. The van der Waals surface area contributed by atoms with Crippen LogP contribution in [0.1, 0.15) is 13.3 Å². The number of carbonyl (C=O) groups is 1. The van der Waals surface area contributed by atoms with Crippen LogP contribution in [0.2, 0.25) is 0 Å². The van der Waals surface area contributed by atoms with Crippen molar-refractivity contribution in [3.63, 3.8) is 0 Å². The monoisotopic (exact) mass is 234 g/mol. The standard InChI is InChI=1S/C12H18N4O/c1-12(11(17)14-2)4-6-16(8-12)9-3-5-15-10(13)7-9/h3,5,7H,4,6,8H2,1-2H3,(H2,13,15)(H,14,17). The Morgan fingerprint density at radius 1 is 1.65 bits per heavy atom. The third kappa shape index (κ3) is 2.18. The number of anilines is 2. The quantitative estimate of drug-likeness (QED) is 0.787. The molecule has 0 spiro atoms. The van der Waals surface area contributed by atoms with Crippen molar-refractivity contribution < 1.29 is 4.79 Å². The van der Waals surface area contributed by atoms with Crippen molar-refractivity contribution in [1.82, 2.24) is 10.3 Å². The second-order valence-corrected chi connectivity index (χ2v) is 4.75. The molecule has 1 unspecified atom stereocenters. The van der Waals surface area contributed by atoms with Crippen molar-refractivity contribution in [1.29, 1.82) is 0 Å². The lowest BCUT2D eigenvalue weighted by molar-refractivity contribution is -0.128. The van der Waals surface area contributed by atoms with Crippen molar-refractivity contribution in [3.8, 4) is 0 Å². The molecule has 17 heavy (non-hydrogen) atoms. The van der Waals surface area contributed by atoms with E-state index in [4.69, 9.17) is 5.73 Å². The van der Waals surface area contributed by atoms with Crippen molar-refractivity contribution in [2.75, 3.05) is 30.8 Å². The van der Waals surface area contributed by atoms with Gasteiger partial charge in [0.25, 0.3) is 0 Å². The molecule has 0 radical (unpaired) electrons. The predicted molar refractivity (Wildman–Crippen MR) is 67.7 cm³/mol. The number of hydrogen-bond acceptors (Lipinski definition) is 4. The minimum absolute atomic E-state index is 0.0991. The summed E-state index contributed by atoms with van der Waals surface area (Å²) in [6.07, 6.45) is 2.55. The van der Waals surface area contributed by atoms with Gasteiger partial charge in [-0.2, -0.15) is 0 Å². The van der Waals surface area contributed by atoms with Gasteiger partial charge in [0.2, 0.25) is 5.91 Å². The maximum atomic E-state index is 11.8. The molecule has 1 aromatic rings. The van der Waals surface area contributed by atoms with E-state index in [1.807, 2.05) is 19.1 Å². The number of amides is 1. The Kier molecular flexibility index (Phi) is 2.92. The lowest BCUT2D eigenvalue weighted by Crippen LogP contribution is -2.39. The number of nitrogens with zero attached hydrogens (tertiary/aromatic N) is 2. The molecular formula is C12H18N4O. The van der Waals surface area contributed by atoms with Gasteiger partial charge in [0.1, 0.15) is 5.82 Å². The third-order valence-corrected chi connectivity index (χ3v) is 3.38. The first-order valence-corrected chi connectivity index (χ1v) is 5.74. The summed E-state index contributed by atoms with van der Waals surface area (Å²) in [5.41, 5.74) is 6.38.